The van der Waals surface area contributed by atoms with Crippen molar-refractivity contribution in [2.24, 2.45) is 0 Å². The fraction of sp³-hybridized carbons (Fsp3) is 0.458. The maximum Gasteiger partial charge on any atom is 0.413 e. The van der Waals surface area contributed by atoms with Crippen LogP contribution in [0.25, 0.3) is 0 Å². The fourth-order valence-electron chi connectivity index (χ4n) is 4.57. The van der Waals surface area contributed by atoms with Gasteiger partial charge in [-0.1, -0.05) is 6.92 Å². The van der Waals surface area contributed by atoms with E-state index in [9.17, 15) is 18.4 Å². The summed E-state index contributed by atoms with van der Waals surface area (Å²) in [4.78, 5) is 27.7. The number of carbonyl (C=O) groups is 2. The summed E-state index contributed by atoms with van der Waals surface area (Å²) in [5.41, 5.74) is 0.479. The Morgan fingerprint density at radius 3 is 2.65 bits per heavy atom. The van der Waals surface area contributed by atoms with E-state index in [2.05, 4.69) is 5.32 Å². The average Bonchev–Trinajstić information content (AvgIpc) is 3.41. The second kappa shape index (κ2) is 9.81. The summed E-state index contributed by atoms with van der Waals surface area (Å²) in [6.45, 7) is 5.38. The van der Waals surface area contributed by atoms with Crippen LogP contribution in [0.2, 0.25) is 0 Å². The molecule has 4 rings (SSSR count). The Bertz CT molecular complexity index is 1130. The molecule has 8 nitrogen and oxygen atoms in total. The van der Waals surface area contributed by atoms with Crippen LogP contribution in [-0.4, -0.2) is 40.7 Å². The molecule has 0 spiro atoms. The van der Waals surface area contributed by atoms with Crippen molar-refractivity contribution in [3.8, 4) is 11.8 Å². The van der Waals surface area contributed by atoms with Crippen LogP contribution in [0.15, 0.2) is 18.2 Å². The van der Waals surface area contributed by atoms with Crippen LogP contribution >= 0.6 is 0 Å². The molecule has 1 aromatic heterocycles. The first kappa shape index (κ1) is 23.7. The largest absolute Gasteiger partial charge is 0.413 e. The molecule has 3 heterocycles. The van der Waals surface area contributed by atoms with Crippen LogP contribution in [0.4, 0.5) is 13.6 Å². The number of nitriles is 1. The fourth-order valence-corrected chi connectivity index (χ4v) is 4.57. The summed E-state index contributed by atoms with van der Waals surface area (Å²) < 4.78 is 41.7. The van der Waals surface area contributed by atoms with Crippen molar-refractivity contribution in [1.29, 1.82) is 5.26 Å². The molecule has 2 amide bonds. The molecule has 0 bridgehead atoms. The maximum absolute atomic E-state index is 14.5. The number of rotatable bonds is 5. The second-order valence-corrected chi connectivity index (χ2v) is 8.49. The number of aromatic nitrogens is 1. The van der Waals surface area contributed by atoms with E-state index in [0.717, 1.165) is 25.0 Å². The van der Waals surface area contributed by atoms with E-state index in [0.29, 0.717) is 31.1 Å². The molecule has 10 heteroatoms. The Morgan fingerprint density at radius 1 is 1.29 bits per heavy atom. The van der Waals surface area contributed by atoms with Gasteiger partial charge in [0.25, 0.3) is 5.91 Å². The molecule has 0 aliphatic carbocycles. The van der Waals surface area contributed by atoms with Crippen molar-refractivity contribution in [1.82, 2.24) is 14.8 Å². The third kappa shape index (κ3) is 4.48. The maximum atomic E-state index is 14.5. The van der Waals surface area contributed by atoms with Gasteiger partial charge in [0, 0.05) is 30.8 Å². The Kier molecular flexibility index (Phi) is 6.84. The quantitative estimate of drug-likeness (QED) is 0.709. The zero-order valence-electron chi connectivity index (χ0n) is 19.1. The summed E-state index contributed by atoms with van der Waals surface area (Å²) in [6, 6.07) is 4.19. The monoisotopic (exact) mass is 472 g/mol. The zero-order chi connectivity index (χ0) is 24.4. The lowest BCUT2D eigenvalue weighted by molar-refractivity contribution is 0.0686. The van der Waals surface area contributed by atoms with Gasteiger partial charge in [0.15, 0.2) is 5.75 Å². The van der Waals surface area contributed by atoms with Gasteiger partial charge in [-0.2, -0.15) is 5.26 Å². The average molecular weight is 472 g/mol. The number of carbonyl (C=O) groups excluding carboxylic acids is 2. The van der Waals surface area contributed by atoms with Gasteiger partial charge in [0.2, 0.25) is 0 Å². The van der Waals surface area contributed by atoms with E-state index >= 15 is 0 Å². The lowest BCUT2D eigenvalue weighted by atomic mass is 10.0. The molecular formula is C24H26F2N4O4. The molecule has 34 heavy (non-hydrogen) atoms. The predicted octanol–water partition coefficient (Wildman–Crippen LogP) is 4.03. The first-order valence-corrected chi connectivity index (χ1v) is 11.3. The van der Waals surface area contributed by atoms with Gasteiger partial charge in [-0.05, 0) is 38.3 Å². The van der Waals surface area contributed by atoms with Crippen LogP contribution < -0.4 is 10.1 Å². The van der Waals surface area contributed by atoms with E-state index < -0.39 is 23.8 Å². The number of ether oxygens (including phenoxy) is 2. The van der Waals surface area contributed by atoms with Crippen LogP contribution in [-0.2, 0) is 17.9 Å². The van der Waals surface area contributed by atoms with Crippen molar-refractivity contribution in [2.75, 3.05) is 13.2 Å². The van der Waals surface area contributed by atoms with Gasteiger partial charge in [-0.25, -0.2) is 13.6 Å². The number of halogens is 2. The molecular weight excluding hydrogens is 446 g/mol. The molecule has 2 aromatic rings. The van der Waals surface area contributed by atoms with Gasteiger partial charge >= 0.3 is 6.09 Å². The molecule has 2 atom stereocenters. The van der Waals surface area contributed by atoms with Crippen molar-refractivity contribution in [3.63, 3.8) is 0 Å². The van der Waals surface area contributed by atoms with Crippen LogP contribution in [0, 0.1) is 23.0 Å². The predicted molar refractivity (Wildman–Crippen MR) is 117 cm³/mol. The Morgan fingerprint density at radius 2 is 2.03 bits per heavy atom. The normalized spacial score (nSPS) is 18.2. The van der Waals surface area contributed by atoms with E-state index in [1.54, 1.807) is 17.6 Å². The van der Waals surface area contributed by atoms with Crippen molar-refractivity contribution >= 4 is 12.0 Å². The van der Waals surface area contributed by atoms with Gasteiger partial charge in [-0.15, -0.1) is 0 Å². The highest BCUT2D eigenvalue weighted by Gasteiger charge is 2.32. The van der Waals surface area contributed by atoms with Crippen LogP contribution in [0.1, 0.15) is 66.5 Å². The summed E-state index contributed by atoms with van der Waals surface area (Å²) in [5, 5.41) is 11.4. The Labute approximate surface area is 196 Å². The Balaban J connectivity index is 1.56. The number of amides is 2. The molecule has 2 aliphatic heterocycles. The lowest BCUT2D eigenvalue weighted by Gasteiger charge is -2.24. The van der Waals surface area contributed by atoms with E-state index in [1.165, 1.54) is 6.07 Å². The standard InChI is InChI=1S/C24H26F2N4O4/c1-3-18(22-16(25)9-15(12-27)10-17(22)26)28-24(32)34-21-11-19(30-7-8-33-13-20(21)30)23(31)29-6-4-5-14(29)2/h9-11,14,18H,3-8,13H2,1-2H3,(H,28,32)/t14-,18+/m0/s1. The van der Waals surface area contributed by atoms with Gasteiger partial charge in [0.1, 0.15) is 17.3 Å². The summed E-state index contributed by atoms with van der Waals surface area (Å²) in [7, 11) is 0. The summed E-state index contributed by atoms with van der Waals surface area (Å²) in [5.74, 6) is -1.81. The third-order valence-corrected chi connectivity index (χ3v) is 6.36. The zero-order valence-corrected chi connectivity index (χ0v) is 19.1. The molecule has 1 saturated heterocycles. The smallest absolute Gasteiger partial charge is 0.408 e. The summed E-state index contributed by atoms with van der Waals surface area (Å²) in [6.07, 6.45) is 1.15. The number of benzene rings is 1. The highest BCUT2D eigenvalue weighted by molar-refractivity contribution is 5.94. The molecule has 180 valence electrons. The lowest BCUT2D eigenvalue weighted by Crippen LogP contribution is -2.35. The molecule has 2 aliphatic rings. The van der Waals surface area contributed by atoms with E-state index in [4.69, 9.17) is 14.7 Å². The van der Waals surface area contributed by atoms with E-state index in [1.807, 2.05) is 11.8 Å². The number of likely N-dealkylation sites (tertiary alicyclic amines) is 1. The number of fused-ring (bicyclic) bond motifs is 1. The minimum Gasteiger partial charge on any atom is -0.408 e. The summed E-state index contributed by atoms with van der Waals surface area (Å²) >= 11 is 0. The van der Waals surface area contributed by atoms with Gasteiger partial charge < -0.3 is 24.3 Å². The van der Waals surface area contributed by atoms with Crippen LogP contribution in [0.3, 0.4) is 0 Å². The molecule has 1 N–H and O–H groups in total. The highest BCUT2D eigenvalue weighted by atomic mass is 19.1. The first-order chi connectivity index (χ1) is 16.3. The van der Waals surface area contributed by atoms with Crippen LogP contribution in [0.5, 0.6) is 5.75 Å². The van der Waals surface area contributed by atoms with Gasteiger partial charge in [0.05, 0.1) is 36.6 Å². The molecule has 0 unspecified atom stereocenters. The minimum absolute atomic E-state index is 0.128. The SMILES string of the molecule is CC[C@@H](NC(=O)Oc1cc(C(=O)N2CCC[C@@H]2C)n2c1COCC2)c1c(F)cc(C#N)cc1F. The number of nitrogens with one attached hydrogen (secondary N) is 1. The minimum atomic E-state index is -1.01. The van der Waals surface area contributed by atoms with Gasteiger partial charge in [-0.3, -0.25) is 4.79 Å². The number of nitrogens with zero attached hydrogens (tertiary/aromatic N) is 3. The molecule has 1 fully saturated rings. The third-order valence-electron chi connectivity index (χ3n) is 6.36. The topological polar surface area (TPSA) is 96.6 Å². The number of hydrogen-bond acceptors (Lipinski definition) is 5. The Hall–Kier alpha value is -3.45. The number of hydrogen-bond donors (Lipinski definition) is 1. The van der Waals surface area contributed by atoms with E-state index in [-0.39, 0.29) is 41.9 Å². The highest BCUT2D eigenvalue weighted by Crippen LogP contribution is 2.31. The molecule has 1 aromatic carbocycles. The van der Waals surface area contributed by atoms with Crippen molar-refractivity contribution < 1.29 is 27.8 Å². The molecule has 0 radical (unpaired) electrons. The van der Waals surface area contributed by atoms with Crippen molar-refractivity contribution in [2.45, 2.75) is 58.3 Å². The molecule has 0 saturated carbocycles. The van der Waals surface area contributed by atoms with Crippen molar-refractivity contribution in [3.05, 3.63) is 52.3 Å². The second-order valence-electron chi connectivity index (χ2n) is 8.49. The first-order valence-electron chi connectivity index (χ1n) is 11.3.